The standard InChI is InChI=1S/C7H12NO3P.K/c8-6-12(9,10)11-7-4-2-1-3-5-7;/h7H,1-5H2,(H,9,10);/q;+1/p-1. The summed E-state index contributed by atoms with van der Waals surface area (Å²) >= 11 is 0. The Morgan fingerprint density at radius 3 is 2.38 bits per heavy atom. The van der Waals surface area contributed by atoms with E-state index in [1.807, 2.05) is 0 Å². The van der Waals surface area contributed by atoms with E-state index in [4.69, 9.17) is 5.26 Å². The van der Waals surface area contributed by atoms with Crippen LogP contribution in [0.1, 0.15) is 32.1 Å². The summed E-state index contributed by atoms with van der Waals surface area (Å²) in [5.74, 6) is 1.17. The van der Waals surface area contributed by atoms with Crippen LogP contribution in [-0.2, 0) is 9.09 Å². The number of nitrogens with zero attached hydrogens (tertiary/aromatic N) is 1. The zero-order valence-electron chi connectivity index (χ0n) is 7.73. The molecule has 0 spiro atoms. The summed E-state index contributed by atoms with van der Waals surface area (Å²) in [6, 6.07) is 0. The van der Waals surface area contributed by atoms with Crippen molar-refractivity contribution < 1.29 is 65.4 Å². The summed E-state index contributed by atoms with van der Waals surface area (Å²) in [6.07, 6.45) is 4.39. The largest absolute Gasteiger partial charge is 1.00 e. The number of hydrogen-bond donors (Lipinski definition) is 0. The SMILES string of the molecule is N#CP(=O)([O-])OC1CCCCC1.[K+]. The first-order chi connectivity index (χ1) is 5.64. The maximum absolute atomic E-state index is 10.7. The monoisotopic (exact) mass is 227 g/mol. The zero-order chi connectivity index (χ0) is 9.03. The van der Waals surface area contributed by atoms with Gasteiger partial charge in [-0.3, -0.25) is 4.57 Å². The molecular weight excluding hydrogens is 216 g/mol. The molecule has 0 aromatic rings. The molecule has 13 heavy (non-hydrogen) atoms. The van der Waals surface area contributed by atoms with E-state index in [1.54, 1.807) is 0 Å². The third-order valence-corrected chi connectivity index (χ3v) is 2.78. The fourth-order valence-corrected chi connectivity index (χ4v) is 2.04. The van der Waals surface area contributed by atoms with E-state index in [2.05, 4.69) is 4.52 Å². The van der Waals surface area contributed by atoms with E-state index in [1.165, 1.54) is 5.81 Å². The smallest absolute Gasteiger partial charge is 0.767 e. The van der Waals surface area contributed by atoms with Gasteiger partial charge >= 0.3 is 51.4 Å². The van der Waals surface area contributed by atoms with Crippen molar-refractivity contribution in [2.45, 2.75) is 38.2 Å². The first-order valence-corrected chi connectivity index (χ1v) is 5.59. The fourth-order valence-electron chi connectivity index (χ4n) is 1.39. The van der Waals surface area contributed by atoms with Gasteiger partial charge in [0.05, 0.1) is 6.10 Å². The quantitative estimate of drug-likeness (QED) is 0.419. The Morgan fingerprint density at radius 2 is 1.92 bits per heavy atom. The third kappa shape index (κ3) is 5.66. The molecule has 1 saturated carbocycles. The Balaban J connectivity index is 0.00000144. The molecule has 0 bridgehead atoms. The van der Waals surface area contributed by atoms with Crippen molar-refractivity contribution in [3.8, 4) is 5.81 Å². The summed E-state index contributed by atoms with van der Waals surface area (Å²) in [5.41, 5.74) is 0. The van der Waals surface area contributed by atoms with Gasteiger partial charge in [-0.05, 0) is 12.8 Å². The molecule has 1 fully saturated rings. The van der Waals surface area contributed by atoms with E-state index in [-0.39, 0.29) is 57.5 Å². The molecule has 4 nitrogen and oxygen atoms in total. The van der Waals surface area contributed by atoms with Crippen LogP contribution in [0.5, 0.6) is 0 Å². The van der Waals surface area contributed by atoms with Crippen LogP contribution in [0.2, 0.25) is 0 Å². The predicted molar refractivity (Wildman–Crippen MR) is 41.2 cm³/mol. The molecule has 68 valence electrons. The van der Waals surface area contributed by atoms with Gasteiger partial charge in [-0.1, -0.05) is 19.3 Å². The summed E-state index contributed by atoms with van der Waals surface area (Å²) in [6.45, 7) is 0. The van der Waals surface area contributed by atoms with E-state index < -0.39 is 7.60 Å². The van der Waals surface area contributed by atoms with E-state index in [9.17, 15) is 9.46 Å². The summed E-state index contributed by atoms with van der Waals surface area (Å²) < 4.78 is 15.4. The Kier molecular flexibility index (Phi) is 7.36. The van der Waals surface area contributed by atoms with Crippen LogP contribution >= 0.6 is 7.60 Å². The van der Waals surface area contributed by atoms with Crippen LogP contribution in [-0.4, -0.2) is 6.10 Å². The molecule has 1 rings (SSSR count). The van der Waals surface area contributed by atoms with Crippen molar-refractivity contribution in [3.05, 3.63) is 0 Å². The molecule has 1 atom stereocenters. The Hall–Kier alpha value is 1.28. The average Bonchev–Trinajstić information content (AvgIpc) is 2.06. The van der Waals surface area contributed by atoms with Gasteiger partial charge in [-0.25, -0.2) is 0 Å². The molecule has 1 unspecified atom stereocenters. The second-order valence-electron chi connectivity index (χ2n) is 2.96. The topological polar surface area (TPSA) is 73.2 Å². The second-order valence-corrected chi connectivity index (χ2v) is 4.37. The Labute approximate surface area is 121 Å². The van der Waals surface area contributed by atoms with E-state index in [0.29, 0.717) is 0 Å². The molecule has 0 heterocycles. The normalized spacial score (nSPS) is 22.5. The molecule has 1 aliphatic carbocycles. The minimum atomic E-state index is -4.19. The molecule has 0 N–H and O–H groups in total. The molecule has 0 radical (unpaired) electrons. The van der Waals surface area contributed by atoms with Gasteiger partial charge in [0.25, 0.3) is 0 Å². The van der Waals surface area contributed by atoms with Gasteiger partial charge in [-0.2, -0.15) is 5.26 Å². The maximum atomic E-state index is 10.7. The van der Waals surface area contributed by atoms with Crippen LogP contribution in [0, 0.1) is 11.1 Å². The van der Waals surface area contributed by atoms with Crippen molar-refractivity contribution in [2.24, 2.45) is 0 Å². The van der Waals surface area contributed by atoms with Gasteiger partial charge in [0.2, 0.25) is 7.60 Å². The first-order valence-electron chi connectivity index (χ1n) is 4.05. The average molecular weight is 227 g/mol. The fraction of sp³-hybridized carbons (Fsp3) is 0.857. The third-order valence-electron chi connectivity index (χ3n) is 1.96. The van der Waals surface area contributed by atoms with Crippen molar-refractivity contribution in [1.82, 2.24) is 0 Å². The van der Waals surface area contributed by atoms with Crippen molar-refractivity contribution in [3.63, 3.8) is 0 Å². The molecule has 0 aromatic carbocycles. The molecular formula is C7H11KNO3P. The van der Waals surface area contributed by atoms with Crippen LogP contribution in [0.25, 0.3) is 0 Å². The number of hydrogen-bond acceptors (Lipinski definition) is 4. The summed E-state index contributed by atoms with van der Waals surface area (Å²) in [4.78, 5) is 10.7. The molecule has 0 aliphatic heterocycles. The van der Waals surface area contributed by atoms with E-state index >= 15 is 0 Å². The second kappa shape index (κ2) is 6.70. The van der Waals surface area contributed by atoms with Crippen LogP contribution < -0.4 is 56.3 Å². The number of nitriles is 1. The minimum absolute atomic E-state index is 0. The van der Waals surface area contributed by atoms with Gasteiger partial charge in [0, 0.05) is 0 Å². The molecule has 0 saturated heterocycles. The Morgan fingerprint density at radius 1 is 1.38 bits per heavy atom. The minimum Gasteiger partial charge on any atom is -0.767 e. The van der Waals surface area contributed by atoms with Crippen LogP contribution in [0.4, 0.5) is 0 Å². The zero-order valence-corrected chi connectivity index (χ0v) is 11.7. The van der Waals surface area contributed by atoms with Gasteiger partial charge < -0.3 is 9.42 Å². The van der Waals surface area contributed by atoms with Gasteiger partial charge in [-0.15, -0.1) is 0 Å². The van der Waals surface area contributed by atoms with Crippen LogP contribution in [0.3, 0.4) is 0 Å². The molecule has 1 aliphatic rings. The number of rotatable bonds is 2. The summed E-state index contributed by atoms with van der Waals surface area (Å²) in [5, 5.41) is 8.17. The molecule has 0 amide bonds. The van der Waals surface area contributed by atoms with Gasteiger partial charge in [0.15, 0.2) is 0 Å². The van der Waals surface area contributed by atoms with Crippen LogP contribution in [0.15, 0.2) is 0 Å². The van der Waals surface area contributed by atoms with E-state index in [0.717, 1.165) is 32.1 Å². The molecule has 0 aromatic heterocycles. The molecule has 6 heteroatoms. The maximum Gasteiger partial charge on any atom is 1.00 e. The Bertz CT molecular complexity index is 234. The van der Waals surface area contributed by atoms with Crippen molar-refractivity contribution in [2.75, 3.05) is 0 Å². The van der Waals surface area contributed by atoms with Crippen molar-refractivity contribution >= 4 is 7.60 Å². The van der Waals surface area contributed by atoms with Crippen molar-refractivity contribution in [1.29, 1.82) is 5.26 Å². The summed E-state index contributed by atoms with van der Waals surface area (Å²) in [7, 11) is -4.19. The van der Waals surface area contributed by atoms with Gasteiger partial charge in [0.1, 0.15) is 5.81 Å². The first kappa shape index (κ1) is 14.3. The predicted octanol–water partition coefficient (Wildman–Crippen LogP) is -1.63.